The van der Waals surface area contributed by atoms with Crippen LogP contribution in [0.15, 0.2) is 30.6 Å². The van der Waals surface area contributed by atoms with Gasteiger partial charge in [-0.15, -0.1) is 0 Å². The molecule has 1 saturated heterocycles. The lowest BCUT2D eigenvalue weighted by atomic mass is 10.0. The van der Waals surface area contributed by atoms with Crippen molar-refractivity contribution in [1.29, 1.82) is 0 Å². The van der Waals surface area contributed by atoms with Gasteiger partial charge in [-0.2, -0.15) is 5.10 Å². The number of halogens is 2. The predicted molar refractivity (Wildman–Crippen MR) is 131 cm³/mol. The standard InChI is InChI=1S/C23H28Cl2N6O/c1-3-14-11-26-22-19(12-27-30-22)21(14)31-7-5-6-17(13-31)29-23(32)20(4-2)28-18-9-15(24)8-16(25)10-18/h8-12,17,20,28H,3-7,13H2,1-2H3,(H,29,32)(H,26,27,30). The van der Waals surface area contributed by atoms with Crippen LogP contribution in [0.5, 0.6) is 0 Å². The molecule has 32 heavy (non-hydrogen) atoms. The summed E-state index contributed by atoms with van der Waals surface area (Å²) in [4.78, 5) is 19.9. The zero-order valence-electron chi connectivity index (χ0n) is 18.3. The average molecular weight is 475 g/mol. The molecule has 0 radical (unpaired) electrons. The molecule has 0 saturated carbocycles. The molecule has 9 heteroatoms. The van der Waals surface area contributed by atoms with Crippen LogP contribution < -0.4 is 15.5 Å². The first kappa shape index (κ1) is 22.7. The molecule has 2 unspecified atom stereocenters. The maximum atomic E-state index is 13.1. The summed E-state index contributed by atoms with van der Waals surface area (Å²) >= 11 is 12.2. The van der Waals surface area contributed by atoms with Gasteiger partial charge in [0.25, 0.3) is 0 Å². The van der Waals surface area contributed by atoms with Gasteiger partial charge in [0.15, 0.2) is 5.65 Å². The topological polar surface area (TPSA) is 85.9 Å². The van der Waals surface area contributed by atoms with Crippen molar-refractivity contribution in [1.82, 2.24) is 20.5 Å². The zero-order valence-corrected chi connectivity index (χ0v) is 19.8. The second kappa shape index (κ2) is 9.96. The van der Waals surface area contributed by atoms with Crippen LogP contribution in [0.3, 0.4) is 0 Å². The van der Waals surface area contributed by atoms with Gasteiger partial charge in [-0.1, -0.05) is 37.0 Å². The number of carbonyl (C=O) groups excluding carboxylic acids is 1. The van der Waals surface area contributed by atoms with E-state index in [1.807, 2.05) is 19.3 Å². The number of benzene rings is 1. The van der Waals surface area contributed by atoms with Gasteiger partial charge in [-0.3, -0.25) is 9.89 Å². The molecule has 3 N–H and O–H groups in total. The molecule has 1 aliphatic rings. The Labute approximate surface area is 197 Å². The minimum atomic E-state index is -0.368. The lowest BCUT2D eigenvalue weighted by Crippen LogP contribution is -2.51. The van der Waals surface area contributed by atoms with Crippen molar-refractivity contribution >= 4 is 51.5 Å². The Morgan fingerprint density at radius 3 is 2.75 bits per heavy atom. The van der Waals surface area contributed by atoms with E-state index in [4.69, 9.17) is 23.2 Å². The fourth-order valence-electron chi connectivity index (χ4n) is 4.35. The summed E-state index contributed by atoms with van der Waals surface area (Å²) < 4.78 is 0. The number of pyridine rings is 1. The Bertz CT molecular complexity index is 1080. The summed E-state index contributed by atoms with van der Waals surface area (Å²) in [5.74, 6) is -0.0191. The quantitative estimate of drug-likeness (QED) is 0.457. The number of H-pyrrole nitrogens is 1. The van der Waals surface area contributed by atoms with Crippen molar-refractivity contribution in [3.8, 4) is 0 Å². The molecule has 0 bridgehead atoms. The number of amides is 1. The molecule has 4 rings (SSSR count). The van der Waals surface area contributed by atoms with E-state index in [0.717, 1.165) is 49.1 Å². The number of piperidine rings is 1. The molecule has 7 nitrogen and oxygen atoms in total. The van der Waals surface area contributed by atoms with E-state index in [0.29, 0.717) is 16.5 Å². The molecular weight excluding hydrogens is 447 g/mol. The number of aromatic amines is 1. The number of nitrogens with zero attached hydrogens (tertiary/aromatic N) is 3. The highest BCUT2D eigenvalue weighted by Gasteiger charge is 2.27. The van der Waals surface area contributed by atoms with E-state index in [2.05, 4.69) is 37.6 Å². The molecule has 3 aromatic rings. The Kier molecular flexibility index (Phi) is 7.06. The van der Waals surface area contributed by atoms with Gasteiger partial charge in [0.2, 0.25) is 5.91 Å². The Morgan fingerprint density at radius 1 is 1.25 bits per heavy atom. The first-order chi connectivity index (χ1) is 15.5. The third kappa shape index (κ3) is 4.94. The smallest absolute Gasteiger partial charge is 0.242 e. The van der Waals surface area contributed by atoms with Gasteiger partial charge in [-0.25, -0.2) is 4.98 Å². The van der Waals surface area contributed by atoms with E-state index >= 15 is 0 Å². The molecule has 2 aromatic heterocycles. The SMILES string of the molecule is CCc1cnc2[nH]ncc2c1N1CCCC(NC(=O)C(CC)Nc2cc(Cl)cc(Cl)c2)C1. The number of aryl methyl sites for hydroxylation is 1. The Balaban J connectivity index is 1.47. The zero-order chi connectivity index (χ0) is 22.7. The van der Waals surface area contributed by atoms with Crippen molar-refractivity contribution < 1.29 is 4.79 Å². The second-order valence-electron chi connectivity index (χ2n) is 8.17. The molecule has 1 aromatic carbocycles. The van der Waals surface area contributed by atoms with Crippen molar-refractivity contribution in [3.63, 3.8) is 0 Å². The summed E-state index contributed by atoms with van der Waals surface area (Å²) in [6.45, 7) is 5.81. The number of rotatable bonds is 7. The van der Waals surface area contributed by atoms with E-state index in [9.17, 15) is 4.79 Å². The number of hydrogen-bond acceptors (Lipinski definition) is 5. The van der Waals surface area contributed by atoms with Crippen LogP contribution in [0.4, 0.5) is 11.4 Å². The Morgan fingerprint density at radius 2 is 2.03 bits per heavy atom. The average Bonchev–Trinajstić information content (AvgIpc) is 3.25. The minimum absolute atomic E-state index is 0.0191. The van der Waals surface area contributed by atoms with Crippen LogP contribution in [0.2, 0.25) is 10.0 Å². The van der Waals surface area contributed by atoms with Gasteiger partial charge >= 0.3 is 0 Å². The second-order valence-corrected chi connectivity index (χ2v) is 9.05. The van der Waals surface area contributed by atoms with Crippen LogP contribution >= 0.6 is 23.2 Å². The normalized spacial score (nSPS) is 17.4. The maximum Gasteiger partial charge on any atom is 0.242 e. The number of hydrogen-bond donors (Lipinski definition) is 3. The number of anilines is 2. The van der Waals surface area contributed by atoms with Crippen LogP contribution in [-0.2, 0) is 11.2 Å². The summed E-state index contributed by atoms with van der Waals surface area (Å²) in [5.41, 5.74) is 3.89. The molecule has 170 valence electrons. The first-order valence-electron chi connectivity index (χ1n) is 11.1. The number of carbonyl (C=O) groups is 1. The highest BCUT2D eigenvalue weighted by molar-refractivity contribution is 6.35. The van der Waals surface area contributed by atoms with E-state index < -0.39 is 0 Å². The molecule has 0 spiro atoms. The fourth-order valence-corrected chi connectivity index (χ4v) is 4.88. The summed E-state index contributed by atoms with van der Waals surface area (Å²) in [6.07, 6.45) is 7.25. The molecular formula is C23H28Cl2N6O. The van der Waals surface area contributed by atoms with E-state index in [1.54, 1.807) is 18.2 Å². The molecule has 2 atom stereocenters. The lowest BCUT2D eigenvalue weighted by molar-refractivity contribution is -0.122. The summed E-state index contributed by atoms with van der Waals surface area (Å²) in [6, 6.07) is 4.92. The third-order valence-corrected chi connectivity index (χ3v) is 6.36. The molecule has 3 heterocycles. The Hall–Kier alpha value is -2.51. The van der Waals surface area contributed by atoms with E-state index in [1.165, 1.54) is 11.3 Å². The number of aromatic nitrogens is 3. The molecule has 1 aliphatic heterocycles. The summed E-state index contributed by atoms with van der Waals surface area (Å²) in [5, 5.41) is 15.8. The highest BCUT2D eigenvalue weighted by atomic mass is 35.5. The number of fused-ring (bicyclic) bond motifs is 1. The van der Waals surface area contributed by atoms with Crippen molar-refractivity contribution in [3.05, 3.63) is 46.2 Å². The predicted octanol–water partition coefficient (Wildman–Crippen LogP) is 4.80. The van der Waals surface area contributed by atoms with Crippen LogP contribution in [-0.4, -0.2) is 46.3 Å². The van der Waals surface area contributed by atoms with Crippen LogP contribution in [0.1, 0.15) is 38.7 Å². The fraction of sp³-hybridized carbons (Fsp3) is 0.435. The van der Waals surface area contributed by atoms with Crippen molar-refractivity contribution in [2.24, 2.45) is 0 Å². The highest BCUT2D eigenvalue weighted by Crippen LogP contribution is 2.31. The largest absolute Gasteiger partial charge is 0.374 e. The maximum absolute atomic E-state index is 13.1. The number of nitrogens with one attached hydrogen (secondary N) is 3. The molecule has 0 aliphatic carbocycles. The van der Waals surface area contributed by atoms with Gasteiger partial charge in [0, 0.05) is 41.1 Å². The monoisotopic (exact) mass is 474 g/mol. The molecule has 1 fully saturated rings. The van der Waals surface area contributed by atoms with E-state index in [-0.39, 0.29) is 18.0 Å². The molecule has 1 amide bonds. The van der Waals surface area contributed by atoms with Crippen LogP contribution in [0, 0.1) is 0 Å². The van der Waals surface area contributed by atoms with Gasteiger partial charge in [0.05, 0.1) is 17.3 Å². The minimum Gasteiger partial charge on any atom is -0.374 e. The van der Waals surface area contributed by atoms with Crippen LogP contribution in [0.25, 0.3) is 11.0 Å². The summed E-state index contributed by atoms with van der Waals surface area (Å²) in [7, 11) is 0. The van der Waals surface area contributed by atoms with Gasteiger partial charge in [0.1, 0.15) is 6.04 Å². The lowest BCUT2D eigenvalue weighted by Gasteiger charge is -2.36. The van der Waals surface area contributed by atoms with Gasteiger partial charge < -0.3 is 15.5 Å². The van der Waals surface area contributed by atoms with Gasteiger partial charge in [-0.05, 0) is 49.4 Å². The first-order valence-corrected chi connectivity index (χ1v) is 11.8. The van der Waals surface area contributed by atoms with Crippen molar-refractivity contribution in [2.45, 2.75) is 51.6 Å². The third-order valence-electron chi connectivity index (χ3n) is 5.92. The van der Waals surface area contributed by atoms with Crippen molar-refractivity contribution in [2.75, 3.05) is 23.3 Å².